The van der Waals surface area contributed by atoms with Gasteiger partial charge in [0.05, 0.1) is 9.72 Å². The normalized spacial score (nSPS) is 18.4. The van der Waals surface area contributed by atoms with Gasteiger partial charge in [0.15, 0.2) is 0 Å². The van der Waals surface area contributed by atoms with Crippen molar-refractivity contribution in [3.05, 3.63) is 17.0 Å². The second kappa shape index (κ2) is 6.36. The molecule has 1 aromatic rings. The smallest absolute Gasteiger partial charge is 0.216 e. The average molecular weight is 363 g/mol. The van der Waals surface area contributed by atoms with Gasteiger partial charge in [0.1, 0.15) is 12.1 Å². The fraction of sp³-hybridized carbons (Fsp3) is 0.667. The van der Waals surface area contributed by atoms with Gasteiger partial charge in [-0.15, -0.1) is 0 Å². The molecule has 1 aliphatic heterocycles. The summed E-state index contributed by atoms with van der Waals surface area (Å²) in [5, 5.41) is 2.97. The van der Waals surface area contributed by atoms with Gasteiger partial charge in [0.25, 0.3) is 0 Å². The molecule has 1 aromatic heterocycles. The molecule has 2 heterocycles. The number of halogens is 1. The monoisotopic (exact) mass is 362 g/mol. The molecule has 0 atom stereocenters. The van der Waals surface area contributed by atoms with E-state index < -0.39 is 10.0 Å². The zero-order chi connectivity index (χ0) is 14.8. The molecule has 1 N–H and O–H groups in total. The first-order valence-electron chi connectivity index (χ1n) is 6.62. The Labute approximate surface area is 128 Å². The summed E-state index contributed by atoms with van der Waals surface area (Å²) in [7, 11) is -3.13. The van der Waals surface area contributed by atoms with E-state index >= 15 is 0 Å². The molecule has 0 aromatic carbocycles. The lowest BCUT2D eigenvalue weighted by molar-refractivity contribution is 0.327. The molecule has 20 heavy (non-hydrogen) atoms. The highest BCUT2D eigenvalue weighted by Gasteiger charge is 2.30. The van der Waals surface area contributed by atoms with Gasteiger partial charge in [-0.05, 0) is 42.6 Å². The van der Waals surface area contributed by atoms with Crippen molar-refractivity contribution in [2.75, 3.05) is 18.4 Å². The third-order valence-corrected chi connectivity index (χ3v) is 6.27. The molecule has 0 radical (unpaired) electrons. The van der Waals surface area contributed by atoms with Crippen molar-refractivity contribution in [3.8, 4) is 0 Å². The summed E-state index contributed by atoms with van der Waals surface area (Å²) in [4.78, 5) is 8.08. The molecule has 2 rings (SSSR count). The maximum atomic E-state index is 12.1. The molecule has 0 spiro atoms. The number of hydrogen-bond acceptors (Lipinski definition) is 5. The summed E-state index contributed by atoms with van der Waals surface area (Å²) in [6, 6.07) is 0.236. The summed E-state index contributed by atoms with van der Waals surface area (Å²) < 4.78 is 26.6. The molecule has 0 bridgehead atoms. The number of nitrogens with zero attached hydrogens (tertiary/aromatic N) is 3. The second-order valence-electron chi connectivity index (χ2n) is 5.13. The van der Waals surface area contributed by atoms with Crippen LogP contribution in [0.3, 0.4) is 0 Å². The third-order valence-electron chi connectivity index (χ3n) is 3.42. The van der Waals surface area contributed by atoms with Crippen molar-refractivity contribution in [2.24, 2.45) is 0 Å². The van der Waals surface area contributed by atoms with E-state index in [1.807, 2.05) is 0 Å². The summed E-state index contributed by atoms with van der Waals surface area (Å²) in [5.74, 6) is 0.755. The number of hydrogen-bond donors (Lipinski definition) is 1. The minimum atomic E-state index is -3.13. The van der Waals surface area contributed by atoms with E-state index in [1.165, 1.54) is 6.33 Å². The molecule has 112 valence electrons. The van der Waals surface area contributed by atoms with E-state index in [2.05, 4.69) is 31.2 Å². The lowest BCUT2D eigenvalue weighted by atomic mass is 10.1. The fourth-order valence-electron chi connectivity index (χ4n) is 2.16. The van der Waals surface area contributed by atoms with Gasteiger partial charge in [0.2, 0.25) is 10.0 Å². The van der Waals surface area contributed by atoms with Crippen LogP contribution in [-0.4, -0.2) is 47.1 Å². The summed E-state index contributed by atoms with van der Waals surface area (Å²) >= 11 is 3.39. The van der Waals surface area contributed by atoms with E-state index in [1.54, 1.807) is 24.3 Å². The Morgan fingerprint density at radius 3 is 2.60 bits per heavy atom. The number of rotatable bonds is 4. The van der Waals surface area contributed by atoms with Crippen molar-refractivity contribution >= 4 is 31.8 Å². The molecule has 0 amide bonds. The molecule has 1 fully saturated rings. The number of nitrogens with one attached hydrogen (secondary N) is 1. The van der Waals surface area contributed by atoms with Crippen LogP contribution in [0.4, 0.5) is 5.82 Å². The van der Waals surface area contributed by atoms with Gasteiger partial charge < -0.3 is 5.32 Å². The van der Waals surface area contributed by atoms with Crippen LogP contribution in [0.25, 0.3) is 0 Å². The lowest BCUT2D eigenvalue weighted by Gasteiger charge is -2.33. The highest BCUT2D eigenvalue weighted by molar-refractivity contribution is 9.10. The van der Waals surface area contributed by atoms with Crippen LogP contribution in [0.2, 0.25) is 0 Å². The molecule has 1 saturated heterocycles. The van der Waals surface area contributed by atoms with E-state index in [0.29, 0.717) is 13.1 Å². The lowest BCUT2D eigenvalue weighted by Crippen LogP contribution is -2.44. The summed E-state index contributed by atoms with van der Waals surface area (Å²) in [6.07, 6.45) is 4.74. The Morgan fingerprint density at radius 2 is 2.05 bits per heavy atom. The average Bonchev–Trinajstić information content (AvgIpc) is 2.42. The first kappa shape index (κ1) is 15.7. The second-order valence-corrected chi connectivity index (χ2v) is 8.47. The van der Waals surface area contributed by atoms with Gasteiger partial charge in [-0.1, -0.05) is 0 Å². The standard InChI is InChI=1S/C12H19BrN4O2S/c1-9(2)20(18,19)17-5-3-10(4-6-17)16-12-11(13)7-14-8-15-12/h7-10H,3-6H2,1-2H3,(H,14,15,16). The molecular weight excluding hydrogens is 344 g/mol. The molecule has 8 heteroatoms. The maximum Gasteiger partial charge on any atom is 0.216 e. The first-order chi connectivity index (χ1) is 9.41. The Hall–Kier alpha value is -0.730. The van der Waals surface area contributed by atoms with Crippen LogP contribution < -0.4 is 5.32 Å². The highest BCUT2D eigenvalue weighted by atomic mass is 79.9. The van der Waals surface area contributed by atoms with E-state index in [4.69, 9.17) is 0 Å². The minimum Gasteiger partial charge on any atom is -0.366 e. The quantitative estimate of drug-likeness (QED) is 0.884. The van der Waals surface area contributed by atoms with E-state index in [0.717, 1.165) is 23.1 Å². The van der Waals surface area contributed by atoms with E-state index in [9.17, 15) is 8.42 Å². The predicted molar refractivity (Wildman–Crippen MR) is 82.0 cm³/mol. The van der Waals surface area contributed by atoms with Crippen molar-refractivity contribution in [1.29, 1.82) is 0 Å². The fourth-order valence-corrected chi connectivity index (χ4v) is 3.82. The first-order valence-corrected chi connectivity index (χ1v) is 8.92. The molecular formula is C12H19BrN4O2S. The van der Waals surface area contributed by atoms with Gasteiger partial charge in [-0.2, -0.15) is 0 Å². The number of anilines is 1. The SMILES string of the molecule is CC(C)S(=O)(=O)N1CCC(Nc2ncncc2Br)CC1. The number of aromatic nitrogens is 2. The maximum absolute atomic E-state index is 12.1. The molecule has 0 saturated carbocycles. The molecule has 0 unspecified atom stereocenters. The number of piperidine rings is 1. The Bertz CT molecular complexity index is 556. The van der Waals surface area contributed by atoms with Gasteiger partial charge in [0, 0.05) is 25.3 Å². The third kappa shape index (κ3) is 3.48. The Morgan fingerprint density at radius 1 is 1.40 bits per heavy atom. The molecule has 1 aliphatic rings. The van der Waals surface area contributed by atoms with Gasteiger partial charge in [-0.3, -0.25) is 0 Å². The van der Waals surface area contributed by atoms with Crippen molar-refractivity contribution in [1.82, 2.24) is 14.3 Å². The van der Waals surface area contributed by atoms with Crippen LogP contribution in [0.1, 0.15) is 26.7 Å². The zero-order valence-electron chi connectivity index (χ0n) is 11.6. The highest BCUT2D eigenvalue weighted by Crippen LogP contribution is 2.23. The van der Waals surface area contributed by atoms with Gasteiger partial charge in [-0.25, -0.2) is 22.7 Å². The van der Waals surface area contributed by atoms with Gasteiger partial charge >= 0.3 is 0 Å². The van der Waals surface area contributed by atoms with E-state index in [-0.39, 0.29) is 11.3 Å². The minimum absolute atomic E-state index is 0.236. The summed E-state index contributed by atoms with van der Waals surface area (Å²) in [6.45, 7) is 4.55. The Balaban J connectivity index is 1.94. The van der Waals surface area contributed by atoms with Crippen LogP contribution in [0, 0.1) is 0 Å². The largest absolute Gasteiger partial charge is 0.366 e. The van der Waals surface area contributed by atoms with Crippen molar-refractivity contribution in [2.45, 2.75) is 38.0 Å². The van der Waals surface area contributed by atoms with Crippen LogP contribution in [0.15, 0.2) is 17.0 Å². The van der Waals surface area contributed by atoms with Crippen LogP contribution in [-0.2, 0) is 10.0 Å². The van der Waals surface area contributed by atoms with Crippen molar-refractivity contribution < 1.29 is 8.42 Å². The number of sulfonamides is 1. The molecule has 6 nitrogen and oxygen atoms in total. The van der Waals surface area contributed by atoms with Crippen LogP contribution >= 0.6 is 15.9 Å². The summed E-state index contributed by atoms with van der Waals surface area (Å²) in [5.41, 5.74) is 0. The van der Waals surface area contributed by atoms with Crippen molar-refractivity contribution in [3.63, 3.8) is 0 Å². The Kier molecular flexibility index (Phi) is 4.98. The van der Waals surface area contributed by atoms with Crippen LogP contribution in [0.5, 0.6) is 0 Å². The molecule has 0 aliphatic carbocycles. The predicted octanol–water partition coefficient (Wildman–Crippen LogP) is 1.85. The zero-order valence-corrected chi connectivity index (χ0v) is 14.0. The topological polar surface area (TPSA) is 75.2 Å².